The second-order valence-corrected chi connectivity index (χ2v) is 12.0. The molecule has 214 valence electrons. The summed E-state index contributed by atoms with van der Waals surface area (Å²) in [4.78, 5) is 0. The Balaban J connectivity index is 1.19. The van der Waals surface area contributed by atoms with Crippen molar-refractivity contribution >= 4 is 39.6 Å². The Morgan fingerprint density at radius 2 is 1.07 bits per heavy atom. The molecular formula is C42H26BNO2. The highest BCUT2D eigenvalue weighted by Crippen LogP contribution is 2.43. The highest BCUT2D eigenvalue weighted by atomic mass is 16.5. The van der Waals surface area contributed by atoms with Crippen molar-refractivity contribution in [1.29, 1.82) is 0 Å². The summed E-state index contributed by atoms with van der Waals surface area (Å²) in [5.41, 5.74) is 12.4. The molecular weight excluding hydrogens is 561 g/mol. The Kier molecular flexibility index (Phi) is 5.37. The van der Waals surface area contributed by atoms with Crippen molar-refractivity contribution in [1.82, 2.24) is 4.57 Å². The predicted molar refractivity (Wildman–Crippen MR) is 189 cm³/mol. The van der Waals surface area contributed by atoms with Crippen LogP contribution in [0.15, 0.2) is 158 Å². The van der Waals surface area contributed by atoms with Crippen LogP contribution in [0, 0.1) is 0 Å². The second kappa shape index (κ2) is 9.75. The van der Waals surface area contributed by atoms with Crippen LogP contribution in [-0.2, 0) is 0 Å². The molecule has 0 radical (unpaired) electrons. The Labute approximate surface area is 267 Å². The highest BCUT2D eigenvalue weighted by molar-refractivity contribution is 6.84. The number of rotatable bonds is 3. The van der Waals surface area contributed by atoms with Crippen molar-refractivity contribution < 1.29 is 9.39 Å². The van der Waals surface area contributed by atoms with Crippen molar-refractivity contribution in [3.63, 3.8) is 0 Å². The second-order valence-electron chi connectivity index (χ2n) is 12.0. The molecule has 4 heteroatoms. The molecule has 0 unspecified atom stereocenters. The lowest BCUT2D eigenvalue weighted by atomic mass is 9.50. The van der Waals surface area contributed by atoms with E-state index in [1.807, 2.05) is 6.07 Å². The highest BCUT2D eigenvalue weighted by Gasteiger charge is 2.41. The normalized spacial score (nSPS) is 12.7. The zero-order valence-electron chi connectivity index (χ0n) is 24.9. The third-order valence-electron chi connectivity index (χ3n) is 9.49. The first-order chi connectivity index (χ1) is 22.8. The van der Waals surface area contributed by atoms with Crippen molar-refractivity contribution in [2.75, 3.05) is 0 Å². The molecule has 3 heterocycles. The molecule has 7 aromatic carbocycles. The Morgan fingerprint density at radius 3 is 1.83 bits per heavy atom. The van der Waals surface area contributed by atoms with Crippen LogP contribution in [0.5, 0.6) is 17.2 Å². The van der Waals surface area contributed by atoms with Gasteiger partial charge in [0, 0.05) is 33.3 Å². The third-order valence-corrected chi connectivity index (χ3v) is 9.49. The van der Waals surface area contributed by atoms with Gasteiger partial charge in [0.05, 0.1) is 16.7 Å². The monoisotopic (exact) mass is 587 g/mol. The molecule has 2 aliphatic heterocycles. The molecule has 0 spiro atoms. The standard InChI is InChI=1S/C42H26BNO2/c1-2-12-27(13-3-1)30-14-4-5-15-31(30)28-22-23-36-40(24-28)45-41-26-29(25-35-34-18-8-11-21-39(34)46-43(36)42(35)41)44-37-19-9-6-16-32(37)33-17-7-10-20-38(33)44/h1-26H. The molecule has 3 nitrogen and oxygen atoms in total. The van der Waals surface area contributed by atoms with Gasteiger partial charge in [-0.1, -0.05) is 121 Å². The van der Waals surface area contributed by atoms with E-state index in [2.05, 4.69) is 156 Å². The van der Waals surface area contributed by atoms with Crippen LogP contribution >= 0.6 is 0 Å². The van der Waals surface area contributed by atoms with Crippen LogP contribution in [0.25, 0.3) is 60.9 Å². The van der Waals surface area contributed by atoms with Crippen LogP contribution < -0.4 is 20.3 Å². The fourth-order valence-electron chi connectivity index (χ4n) is 7.45. The molecule has 10 rings (SSSR count). The van der Waals surface area contributed by atoms with E-state index in [0.717, 1.165) is 50.6 Å². The first-order valence-electron chi connectivity index (χ1n) is 15.7. The largest absolute Gasteiger partial charge is 0.551 e. The van der Waals surface area contributed by atoms with Crippen LogP contribution in [0.3, 0.4) is 0 Å². The number of ether oxygens (including phenoxy) is 1. The van der Waals surface area contributed by atoms with E-state index >= 15 is 0 Å². The van der Waals surface area contributed by atoms with Gasteiger partial charge in [-0.2, -0.15) is 0 Å². The maximum atomic E-state index is 6.92. The zero-order chi connectivity index (χ0) is 30.2. The Bertz CT molecular complexity index is 2440. The molecule has 1 aromatic heterocycles. The number of nitrogens with zero attached hydrogens (tertiary/aromatic N) is 1. The van der Waals surface area contributed by atoms with Crippen molar-refractivity contribution in [3.05, 3.63) is 158 Å². The maximum Gasteiger partial charge on any atom is 0.434 e. The molecule has 46 heavy (non-hydrogen) atoms. The average molecular weight is 587 g/mol. The molecule has 0 atom stereocenters. The van der Waals surface area contributed by atoms with Crippen LogP contribution in [-0.4, -0.2) is 11.5 Å². The van der Waals surface area contributed by atoms with Gasteiger partial charge < -0.3 is 14.0 Å². The van der Waals surface area contributed by atoms with Gasteiger partial charge in [-0.15, -0.1) is 0 Å². The summed E-state index contributed by atoms with van der Waals surface area (Å²) in [5, 5.41) is 2.47. The summed E-state index contributed by atoms with van der Waals surface area (Å²) in [6.45, 7) is -0.269. The van der Waals surface area contributed by atoms with Crippen molar-refractivity contribution in [2.24, 2.45) is 0 Å². The van der Waals surface area contributed by atoms with Crippen LogP contribution in [0.4, 0.5) is 0 Å². The quantitative estimate of drug-likeness (QED) is 0.192. The van der Waals surface area contributed by atoms with Crippen LogP contribution in [0.2, 0.25) is 0 Å². The molecule has 0 fully saturated rings. The molecule has 8 aromatic rings. The number of fused-ring (bicyclic) bond motifs is 7. The van der Waals surface area contributed by atoms with E-state index in [9.17, 15) is 0 Å². The minimum atomic E-state index is -0.269. The van der Waals surface area contributed by atoms with Gasteiger partial charge in [-0.25, -0.2) is 0 Å². The number of benzene rings is 7. The lowest BCUT2D eigenvalue weighted by Gasteiger charge is -2.33. The first-order valence-corrected chi connectivity index (χ1v) is 15.7. The molecule has 0 saturated carbocycles. The number of hydrogen-bond acceptors (Lipinski definition) is 2. The molecule has 0 N–H and O–H groups in total. The van der Waals surface area contributed by atoms with E-state index < -0.39 is 0 Å². The van der Waals surface area contributed by atoms with Gasteiger partial charge in [0.1, 0.15) is 17.2 Å². The summed E-state index contributed by atoms with van der Waals surface area (Å²) >= 11 is 0. The molecule has 0 amide bonds. The summed E-state index contributed by atoms with van der Waals surface area (Å²) in [6, 6.07) is 55.8. The molecule has 0 aliphatic carbocycles. The minimum Gasteiger partial charge on any atom is -0.551 e. The van der Waals surface area contributed by atoms with Crippen molar-refractivity contribution in [3.8, 4) is 56.3 Å². The molecule has 0 bridgehead atoms. The van der Waals surface area contributed by atoms with Gasteiger partial charge in [0.2, 0.25) is 0 Å². The fraction of sp³-hybridized carbons (Fsp3) is 0. The lowest BCUT2D eigenvalue weighted by Crippen LogP contribution is -2.53. The smallest absolute Gasteiger partial charge is 0.434 e. The fourth-order valence-corrected chi connectivity index (χ4v) is 7.45. The number of hydrogen-bond donors (Lipinski definition) is 0. The Morgan fingerprint density at radius 1 is 0.435 bits per heavy atom. The van der Waals surface area contributed by atoms with E-state index in [4.69, 9.17) is 9.39 Å². The number of para-hydroxylation sites is 3. The van der Waals surface area contributed by atoms with E-state index in [0.29, 0.717) is 0 Å². The third kappa shape index (κ3) is 3.67. The minimum absolute atomic E-state index is 0.269. The predicted octanol–water partition coefficient (Wildman–Crippen LogP) is 9.39. The lowest BCUT2D eigenvalue weighted by molar-refractivity contribution is 0.479. The summed E-state index contributed by atoms with van der Waals surface area (Å²) < 4.78 is 16.1. The SMILES string of the molecule is c1ccc(-c2ccccc2-c2ccc3c(c2)Oc2cc(-n4c5ccccc5c5ccccc54)cc4c2B3Oc2ccccc2-4)cc1. The Hall–Kier alpha value is -6.00. The number of aromatic nitrogens is 1. The summed E-state index contributed by atoms with van der Waals surface area (Å²) in [7, 11) is 0. The maximum absolute atomic E-state index is 6.92. The first kappa shape index (κ1) is 25.3. The van der Waals surface area contributed by atoms with Gasteiger partial charge in [0.15, 0.2) is 0 Å². The van der Waals surface area contributed by atoms with Gasteiger partial charge >= 0.3 is 6.92 Å². The molecule has 2 aliphatic rings. The molecule has 0 saturated heterocycles. The topological polar surface area (TPSA) is 23.4 Å². The summed E-state index contributed by atoms with van der Waals surface area (Å²) in [5.74, 6) is 2.54. The van der Waals surface area contributed by atoms with Gasteiger partial charge in [0.25, 0.3) is 0 Å². The zero-order valence-corrected chi connectivity index (χ0v) is 24.9. The average Bonchev–Trinajstić information content (AvgIpc) is 3.46. The van der Waals surface area contributed by atoms with Crippen molar-refractivity contribution in [2.45, 2.75) is 0 Å². The van der Waals surface area contributed by atoms with E-state index in [1.165, 1.54) is 38.5 Å². The van der Waals surface area contributed by atoms with Gasteiger partial charge in [-0.05, 0) is 58.1 Å². The summed E-state index contributed by atoms with van der Waals surface area (Å²) in [6.07, 6.45) is 0. The van der Waals surface area contributed by atoms with E-state index in [1.54, 1.807) is 0 Å². The van der Waals surface area contributed by atoms with E-state index in [-0.39, 0.29) is 6.92 Å². The van der Waals surface area contributed by atoms with Gasteiger partial charge in [-0.3, -0.25) is 0 Å². The van der Waals surface area contributed by atoms with Crippen LogP contribution in [0.1, 0.15) is 0 Å².